The van der Waals surface area contributed by atoms with Crippen LogP contribution in [0.2, 0.25) is 0 Å². The highest BCUT2D eigenvalue weighted by Gasteiger charge is 2.30. The summed E-state index contributed by atoms with van der Waals surface area (Å²) in [5, 5.41) is 1.69. The Labute approximate surface area is 183 Å². The molecule has 2 nitrogen and oxygen atoms in total. The van der Waals surface area contributed by atoms with Gasteiger partial charge in [0.1, 0.15) is 5.75 Å². The molecule has 31 heavy (non-hydrogen) atoms. The third-order valence-corrected chi connectivity index (χ3v) is 5.66. The van der Waals surface area contributed by atoms with Gasteiger partial charge in [0.15, 0.2) is 0 Å². The Kier molecular flexibility index (Phi) is 6.47. The Morgan fingerprint density at radius 3 is 2.52 bits per heavy atom. The van der Waals surface area contributed by atoms with Gasteiger partial charge in [-0.1, -0.05) is 42.1 Å². The lowest BCUT2D eigenvalue weighted by atomic mass is 10.1. The van der Waals surface area contributed by atoms with Crippen LogP contribution in [0.5, 0.6) is 5.75 Å². The molecule has 0 unspecified atom stereocenters. The van der Waals surface area contributed by atoms with Crippen LogP contribution in [-0.2, 0) is 19.0 Å². The Morgan fingerprint density at radius 1 is 0.903 bits per heavy atom. The number of aryl methyl sites for hydroxylation is 2. The highest BCUT2D eigenvalue weighted by atomic mass is 32.2. The van der Waals surface area contributed by atoms with Gasteiger partial charge >= 0.3 is 6.18 Å². The molecule has 0 saturated carbocycles. The fourth-order valence-corrected chi connectivity index (χ4v) is 4.07. The van der Waals surface area contributed by atoms with Crippen molar-refractivity contribution < 1.29 is 17.9 Å². The Balaban J connectivity index is 1.56. The van der Waals surface area contributed by atoms with E-state index in [0.29, 0.717) is 16.5 Å². The minimum atomic E-state index is -4.36. The summed E-state index contributed by atoms with van der Waals surface area (Å²) in [6.07, 6.45) is 0.612. The number of alkyl halides is 3. The summed E-state index contributed by atoms with van der Waals surface area (Å²) in [5.41, 5.74) is 2.79. The maximum atomic E-state index is 12.9. The zero-order valence-corrected chi connectivity index (χ0v) is 17.4. The predicted octanol–water partition coefficient (Wildman–Crippen LogP) is 7.61. The number of nitrogens with zero attached hydrogens (tertiary/aromatic N) is 1. The van der Waals surface area contributed by atoms with E-state index in [0.717, 1.165) is 37.1 Å². The number of benzene rings is 3. The summed E-state index contributed by atoms with van der Waals surface area (Å²) < 4.78 is 44.7. The van der Waals surface area contributed by atoms with Gasteiger partial charge in [-0.05, 0) is 78.3 Å². The van der Waals surface area contributed by atoms with E-state index < -0.39 is 11.7 Å². The van der Waals surface area contributed by atoms with Crippen molar-refractivity contribution in [3.63, 3.8) is 0 Å². The van der Waals surface area contributed by atoms with Crippen LogP contribution < -0.4 is 4.74 Å². The van der Waals surface area contributed by atoms with Crippen molar-refractivity contribution in [1.82, 2.24) is 0 Å². The first kappa shape index (κ1) is 21.2. The molecule has 0 radical (unpaired) electrons. The van der Waals surface area contributed by atoms with Gasteiger partial charge < -0.3 is 4.74 Å². The zero-order valence-electron chi connectivity index (χ0n) is 16.6. The first-order valence-corrected chi connectivity index (χ1v) is 10.8. The van der Waals surface area contributed by atoms with Crippen LogP contribution in [0.4, 0.5) is 18.9 Å². The van der Waals surface area contributed by atoms with E-state index in [9.17, 15) is 13.2 Å². The minimum Gasteiger partial charge on any atom is -0.439 e. The van der Waals surface area contributed by atoms with Gasteiger partial charge in [0.2, 0.25) is 5.90 Å². The number of ether oxygens (including phenoxy) is 1. The number of fused-ring (bicyclic) bond motifs is 1. The van der Waals surface area contributed by atoms with Gasteiger partial charge in [-0.25, -0.2) is 4.99 Å². The van der Waals surface area contributed by atoms with Crippen LogP contribution in [0.25, 0.3) is 0 Å². The van der Waals surface area contributed by atoms with E-state index in [1.165, 1.54) is 29.0 Å². The maximum absolute atomic E-state index is 12.9. The molecule has 0 aliphatic heterocycles. The van der Waals surface area contributed by atoms with Crippen molar-refractivity contribution in [1.29, 1.82) is 0 Å². The van der Waals surface area contributed by atoms with Crippen molar-refractivity contribution in [2.75, 3.05) is 0 Å². The largest absolute Gasteiger partial charge is 0.439 e. The Morgan fingerprint density at radius 2 is 1.71 bits per heavy atom. The highest BCUT2D eigenvalue weighted by molar-refractivity contribution is 8.02. The van der Waals surface area contributed by atoms with Crippen molar-refractivity contribution in [2.24, 2.45) is 4.99 Å². The van der Waals surface area contributed by atoms with Crippen LogP contribution in [0, 0.1) is 0 Å². The molecule has 0 atom stereocenters. The van der Waals surface area contributed by atoms with E-state index in [1.54, 1.807) is 17.6 Å². The normalized spacial score (nSPS) is 14.1. The van der Waals surface area contributed by atoms with Gasteiger partial charge in [-0.2, -0.15) is 13.2 Å². The van der Waals surface area contributed by atoms with Crippen LogP contribution in [0.3, 0.4) is 0 Å². The molecule has 0 saturated heterocycles. The van der Waals surface area contributed by atoms with E-state index in [-0.39, 0.29) is 0 Å². The van der Waals surface area contributed by atoms with Gasteiger partial charge in [-0.15, -0.1) is 0 Å². The molecular weight excluding hydrogens is 419 g/mol. The van der Waals surface area contributed by atoms with E-state index in [2.05, 4.69) is 17.1 Å². The molecule has 0 bridgehead atoms. The number of rotatable bonds is 5. The molecule has 0 fully saturated rings. The van der Waals surface area contributed by atoms with E-state index in [1.807, 2.05) is 36.4 Å². The topological polar surface area (TPSA) is 21.6 Å². The lowest BCUT2D eigenvalue weighted by Gasteiger charge is -2.08. The van der Waals surface area contributed by atoms with E-state index in [4.69, 9.17) is 4.74 Å². The molecule has 1 aliphatic rings. The monoisotopic (exact) mass is 439 g/mol. The van der Waals surface area contributed by atoms with Gasteiger partial charge in [-0.3, -0.25) is 0 Å². The van der Waals surface area contributed by atoms with Crippen LogP contribution in [0.1, 0.15) is 23.1 Å². The Bertz CT molecular complexity index is 1110. The average molecular weight is 440 g/mol. The fraction of sp³-hybridized carbons (Fsp3) is 0.160. The minimum absolute atomic E-state index is 0.364. The van der Waals surface area contributed by atoms with Gasteiger partial charge in [0, 0.05) is 11.0 Å². The highest BCUT2D eigenvalue weighted by Crippen LogP contribution is 2.32. The maximum Gasteiger partial charge on any atom is 0.416 e. The first-order chi connectivity index (χ1) is 15.0. The third-order valence-electron chi connectivity index (χ3n) is 4.86. The molecule has 1 aliphatic carbocycles. The van der Waals surface area contributed by atoms with Crippen LogP contribution in [-0.4, -0.2) is 5.90 Å². The predicted molar refractivity (Wildman–Crippen MR) is 119 cm³/mol. The van der Waals surface area contributed by atoms with Crippen molar-refractivity contribution >= 4 is 23.3 Å². The van der Waals surface area contributed by atoms with Crippen molar-refractivity contribution in [3.8, 4) is 5.75 Å². The SMILES string of the molecule is FC(F)(F)c1cccc(S/C=C/C(=Nc2ccc3c(c2)CCC3)Oc2ccccc2)c1. The summed E-state index contributed by atoms with van der Waals surface area (Å²) in [6.45, 7) is 0. The quantitative estimate of drug-likeness (QED) is 0.232. The number of halogens is 3. The molecule has 4 rings (SSSR count). The molecule has 0 amide bonds. The number of thioether (sulfide) groups is 1. The second-order valence-corrected chi connectivity index (χ2v) is 8.10. The molecule has 6 heteroatoms. The fourth-order valence-electron chi connectivity index (χ4n) is 3.37. The molecular formula is C25H20F3NOS. The second-order valence-electron chi connectivity index (χ2n) is 7.12. The smallest absolute Gasteiger partial charge is 0.416 e. The lowest BCUT2D eigenvalue weighted by molar-refractivity contribution is -0.137. The van der Waals surface area contributed by atoms with Crippen molar-refractivity contribution in [2.45, 2.75) is 30.3 Å². The van der Waals surface area contributed by atoms with Crippen LogP contribution >= 0.6 is 11.8 Å². The van der Waals surface area contributed by atoms with Crippen LogP contribution in [0.15, 0.2) is 94.2 Å². The number of hydrogen-bond donors (Lipinski definition) is 0. The summed E-state index contributed by atoms with van der Waals surface area (Å²) in [6, 6.07) is 20.6. The lowest BCUT2D eigenvalue weighted by Crippen LogP contribution is -2.04. The zero-order chi connectivity index (χ0) is 21.7. The molecule has 0 spiro atoms. The molecule has 3 aromatic carbocycles. The molecule has 0 N–H and O–H groups in total. The molecule has 3 aromatic rings. The molecule has 0 heterocycles. The van der Waals surface area contributed by atoms with Gasteiger partial charge in [0.25, 0.3) is 0 Å². The summed E-state index contributed by atoms with van der Waals surface area (Å²) >= 11 is 1.18. The average Bonchev–Trinajstić information content (AvgIpc) is 3.22. The van der Waals surface area contributed by atoms with Crippen molar-refractivity contribution in [3.05, 3.63) is 101 Å². The number of hydrogen-bond acceptors (Lipinski definition) is 3. The number of para-hydroxylation sites is 1. The summed E-state index contributed by atoms with van der Waals surface area (Å²) in [4.78, 5) is 5.12. The third kappa shape index (κ3) is 5.79. The molecule has 158 valence electrons. The van der Waals surface area contributed by atoms with Gasteiger partial charge in [0.05, 0.1) is 11.3 Å². The Hall–Kier alpha value is -2.99. The molecule has 0 aromatic heterocycles. The summed E-state index contributed by atoms with van der Waals surface area (Å²) in [5.74, 6) is 1.000. The standard InChI is InChI=1S/C25H20F3NOS/c26-25(27,28)20-8-5-11-23(17-20)31-15-14-24(30-22-9-2-1-3-10-22)29-21-13-12-18-6-4-7-19(18)16-21/h1-3,5,8-17H,4,6-7H2/b15-14+,29-24?. The first-order valence-electron chi connectivity index (χ1n) is 9.91. The number of aliphatic imine (C=N–C) groups is 1. The second kappa shape index (κ2) is 9.43. The van der Waals surface area contributed by atoms with E-state index >= 15 is 0 Å². The summed E-state index contributed by atoms with van der Waals surface area (Å²) in [7, 11) is 0.